The van der Waals surface area contributed by atoms with E-state index in [1.54, 1.807) is 18.2 Å². The van der Waals surface area contributed by atoms with Crippen molar-refractivity contribution in [1.82, 2.24) is 0 Å². The number of rotatable bonds is 27. The first kappa shape index (κ1) is 58.1. The van der Waals surface area contributed by atoms with Gasteiger partial charge in [-0.3, -0.25) is 14.4 Å². The molecule has 296 valence electrons. The predicted molar refractivity (Wildman–Crippen MR) is 190 cm³/mol. The summed E-state index contributed by atoms with van der Waals surface area (Å²) in [6.45, 7) is 10.4. The van der Waals surface area contributed by atoms with Crippen LogP contribution >= 0.6 is 0 Å². The number of carboxylic acid groups (broad SMARTS) is 3. The molecule has 0 atom stereocenters. The van der Waals surface area contributed by atoms with Crippen LogP contribution in [0.2, 0.25) is 0 Å². The first-order valence-electron chi connectivity index (χ1n) is 18.3. The van der Waals surface area contributed by atoms with Gasteiger partial charge in [-0.1, -0.05) is 78.6 Å². The Labute approximate surface area is 327 Å². The van der Waals surface area contributed by atoms with Gasteiger partial charge in [0.2, 0.25) is 0 Å². The standard InChI is InChI=1S/3C12H20O4.C3H7.Ti/c3*1-2-3-4-5-6-7-10-16-12(15)9-8-11(13)14;1-3-2;/h3*7,10H,2-6,8-9H2,1H3,(H,13,14);3H,1-2H3;/q;;;-1;+4/p-3. The van der Waals surface area contributed by atoms with E-state index >= 15 is 0 Å². The Morgan fingerprint density at radius 2 is 0.673 bits per heavy atom. The van der Waals surface area contributed by atoms with Gasteiger partial charge >= 0.3 is 39.6 Å². The Kier molecular flexibility index (Phi) is 55.7. The molecule has 0 rings (SSSR count). The maximum absolute atomic E-state index is 10.9. The number of carbonyl (C=O) groups is 6. The molecule has 12 nitrogen and oxygen atoms in total. The molecule has 0 fully saturated rings. The van der Waals surface area contributed by atoms with Gasteiger partial charge in [-0.15, -0.1) is 0 Å². The fraction of sp³-hybridized carbons (Fsp3) is 0.667. The molecule has 0 saturated carbocycles. The first-order chi connectivity index (χ1) is 24.4. The van der Waals surface area contributed by atoms with Crippen LogP contribution in [0.4, 0.5) is 0 Å². The minimum atomic E-state index is -1.24. The molecular weight excluding hydrogens is 708 g/mol. The maximum atomic E-state index is 10.9. The second kappa shape index (κ2) is 49.9. The molecule has 0 aliphatic carbocycles. The van der Waals surface area contributed by atoms with Crippen molar-refractivity contribution < 1.29 is 80.0 Å². The number of unbranched alkanes of at least 4 members (excludes halogenated alkanes) is 12. The van der Waals surface area contributed by atoms with Crippen molar-refractivity contribution in [2.75, 3.05) is 0 Å². The van der Waals surface area contributed by atoms with E-state index in [0.29, 0.717) is 0 Å². The topological polar surface area (TPSA) is 199 Å². The molecule has 0 amide bonds. The first-order valence-corrected chi connectivity index (χ1v) is 18.3. The number of hydrogen-bond acceptors (Lipinski definition) is 12. The van der Waals surface area contributed by atoms with Crippen molar-refractivity contribution in [2.24, 2.45) is 0 Å². The third kappa shape index (κ3) is 65.2. The SMILES string of the molecule is CCCCCCC=COC(=O)CCC(=O)[O-].CCCCCCC=COC(=O)CCC(=O)[O-].CCCCCCC=COC(=O)CCC(=O)[O-].C[CH-]C.[Ti+4]. The molecule has 0 saturated heterocycles. The van der Waals surface area contributed by atoms with E-state index < -0.39 is 35.8 Å². The van der Waals surface area contributed by atoms with Gasteiger partial charge in [0, 0.05) is 17.9 Å². The molecule has 13 heteroatoms. The van der Waals surface area contributed by atoms with E-state index in [2.05, 4.69) is 35.0 Å². The summed E-state index contributed by atoms with van der Waals surface area (Å²) in [7, 11) is 0. The Bertz CT molecular complexity index is 842. The quantitative estimate of drug-likeness (QED) is 0.0241. The molecule has 52 heavy (non-hydrogen) atoms. The summed E-state index contributed by atoms with van der Waals surface area (Å²) in [4.78, 5) is 62.9. The summed E-state index contributed by atoms with van der Waals surface area (Å²) in [5.74, 6) is -5.31. The van der Waals surface area contributed by atoms with Crippen LogP contribution in [-0.4, -0.2) is 35.8 Å². The summed E-state index contributed by atoms with van der Waals surface area (Å²) < 4.78 is 14.1. The largest absolute Gasteiger partial charge is 4.00 e. The van der Waals surface area contributed by atoms with Crippen LogP contribution in [0.1, 0.15) is 169 Å². The average Bonchev–Trinajstić information content (AvgIpc) is 3.08. The van der Waals surface area contributed by atoms with Crippen LogP contribution in [0.5, 0.6) is 0 Å². The molecule has 0 spiro atoms. The minimum Gasteiger partial charge on any atom is -0.550 e. The molecule has 0 heterocycles. The van der Waals surface area contributed by atoms with E-state index in [1.807, 2.05) is 20.3 Å². The van der Waals surface area contributed by atoms with E-state index in [0.717, 1.165) is 38.5 Å². The molecular formula is C39H64O12Ti. The molecule has 0 aliphatic heterocycles. The zero-order valence-electron chi connectivity index (χ0n) is 32.3. The van der Waals surface area contributed by atoms with Gasteiger partial charge < -0.3 is 50.3 Å². The van der Waals surface area contributed by atoms with Gasteiger partial charge in [0.05, 0.1) is 38.0 Å². The van der Waals surface area contributed by atoms with Gasteiger partial charge in [0.1, 0.15) is 0 Å². The van der Waals surface area contributed by atoms with Gasteiger partial charge in [-0.05, 0) is 76.0 Å². The van der Waals surface area contributed by atoms with Crippen LogP contribution < -0.4 is 15.3 Å². The van der Waals surface area contributed by atoms with E-state index in [-0.39, 0.29) is 60.2 Å². The fourth-order valence-corrected chi connectivity index (χ4v) is 3.43. The Balaban J connectivity index is -0.000000202. The second-order valence-electron chi connectivity index (χ2n) is 11.3. The molecule has 0 bridgehead atoms. The summed E-state index contributed by atoms with van der Waals surface area (Å²) in [6.07, 6.45) is 26.8. The molecule has 0 aromatic rings. The van der Waals surface area contributed by atoms with Gasteiger partial charge in [0.25, 0.3) is 0 Å². The van der Waals surface area contributed by atoms with E-state index in [1.165, 1.54) is 76.6 Å². The van der Waals surface area contributed by atoms with Crippen molar-refractivity contribution in [3.05, 3.63) is 43.4 Å². The van der Waals surface area contributed by atoms with Crippen molar-refractivity contribution >= 4 is 35.8 Å². The van der Waals surface area contributed by atoms with Crippen molar-refractivity contribution in [3.63, 3.8) is 0 Å². The Morgan fingerprint density at radius 3 is 0.865 bits per heavy atom. The van der Waals surface area contributed by atoms with Crippen molar-refractivity contribution in [2.45, 2.75) is 169 Å². The van der Waals surface area contributed by atoms with Crippen molar-refractivity contribution in [3.8, 4) is 0 Å². The number of ether oxygens (including phenoxy) is 3. The molecule has 0 unspecified atom stereocenters. The molecule has 0 radical (unpaired) electrons. The summed E-state index contributed by atoms with van der Waals surface area (Å²) in [6, 6.07) is 0. The van der Waals surface area contributed by atoms with Crippen LogP contribution in [0.3, 0.4) is 0 Å². The molecule has 0 N–H and O–H groups in total. The maximum Gasteiger partial charge on any atom is 4.00 e. The van der Waals surface area contributed by atoms with Gasteiger partial charge in [-0.2, -0.15) is 13.8 Å². The number of allylic oxidation sites excluding steroid dienone is 3. The summed E-state index contributed by atoms with van der Waals surface area (Å²) in [5, 5.41) is 30.1. The Hall–Kier alpha value is -3.25. The zero-order chi connectivity index (χ0) is 39.4. The van der Waals surface area contributed by atoms with Crippen LogP contribution in [0.15, 0.2) is 37.0 Å². The van der Waals surface area contributed by atoms with Gasteiger partial charge in [-0.25, -0.2) is 0 Å². The van der Waals surface area contributed by atoms with E-state index in [4.69, 9.17) is 0 Å². The molecule has 0 aliphatic rings. The van der Waals surface area contributed by atoms with E-state index in [9.17, 15) is 44.1 Å². The number of carboxylic acids is 3. The number of esters is 3. The van der Waals surface area contributed by atoms with Crippen LogP contribution in [0, 0.1) is 6.42 Å². The predicted octanol–water partition coefficient (Wildman–Crippen LogP) is 5.86. The molecule has 0 aromatic carbocycles. The smallest absolute Gasteiger partial charge is 0.550 e. The van der Waals surface area contributed by atoms with Crippen LogP contribution in [0.25, 0.3) is 0 Å². The van der Waals surface area contributed by atoms with Crippen LogP contribution in [-0.2, 0) is 64.7 Å². The summed E-state index contributed by atoms with van der Waals surface area (Å²) in [5.41, 5.74) is 0. The number of carbonyl (C=O) groups excluding carboxylic acids is 6. The van der Waals surface area contributed by atoms with Crippen molar-refractivity contribution in [1.29, 1.82) is 0 Å². The number of aliphatic carboxylic acids is 3. The monoisotopic (exact) mass is 772 g/mol. The molecule has 0 aromatic heterocycles. The number of hydrogen-bond donors (Lipinski definition) is 0. The summed E-state index contributed by atoms with van der Waals surface area (Å²) >= 11 is 0. The second-order valence-corrected chi connectivity index (χ2v) is 11.3. The fourth-order valence-electron chi connectivity index (χ4n) is 3.43. The normalized spacial score (nSPS) is 10.1. The third-order valence-electron chi connectivity index (χ3n) is 6.16. The third-order valence-corrected chi connectivity index (χ3v) is 6.16. The average molecular weight is 773 g/mol. The zero-order valence-corrected chi connectivity index (χ0v) is 33.9. The Morgan fingerprint density at radius 1 is 0.442 bits per heavy atom. The minimum absolute atomic E-state index is 0. The van der Waals surface area contributed by atoms with Gasteiger partial charge in [0.15, 0.2) is 0 Å².